The summed E-state index contributed by atoms with van der Waals surface area (Å²) in [6, 6.07) is 10.3. The summed E-state index contributed by atoms with van der Waals surface area (Å²) in [4.78, 5) is 30.3. The number of nitrogens with zero attached hydrogens (tertiary/aromatic N) is 2. The van der Waals surface area contributed by atoms with Crippen LogP contribution in [0.15, 0.2) is 30.3 Å². The third-order valence-electron chi connectivity index (χ3n) is 5.07. The Hall–Kier alpha value is -2.38. The number of thiophene rings is 1. The van der Waals surface area contributed by atoms with Gasteiger partial charge in [0, 0.05) is 36.7 Å². The molecule has 1 aliphatic rings. The first-order valence-corrected chi connectivity index (χ1v) is 10.4. The zero-order valence-electron chi connectivity index (χ0n) is 16.7. The quantitative estimate of drug-likeness (QED) is 0.754. The van der Waals surface area contributed by atoms with Crippen molar-refractivity contribution in [3.8, 4) is 0 Å². The second kappa shape index (κ2) is 9.21. The standard InChI is InChI=1S/C21H27N3O3S/c1-4-17-15(2)28-20(19(17)21(26)27-3)22-18(25)14-23-10-12-24(13-11-23)16-8-6-5-7-9-16/h5-9H,4,10-14H2,1-3H3,(H,22,25). The van der Waals surface area contributed by atoms with Crippen molar-refractivity contribution < 1.29 is 14.3 Å². The summed E-state index contributed by atoms with van der Waals surface area (Å²) in [5.41, 5.74) is 2.66. The van der Waals surface area contributed by atoms with E-state index in [1.165, 1.54) is 24.1 Å². The van der Waals surface area contributed by atoms with Gasteiger partial charge in [0.2, 0.25) is 5.91 Å². The number of ether oxygens (including phenoxy) is 1. The third kappa shape index (κ3) is 4.54. The van der Waals surface area contributed by atoms with Crippen molar-refractivity contribution in [2.75, 3.05) is 50.1 Å². The number of carbonyl (C=O) groups excluding carboxylic acids is 2. The normalized spacial score (nSPS) is 14.8. The van der Waals surface area contributed by atoms with Crippen LogP contribution in [-0.2, 0) is 16.0 Å². The number of para-hydroxylation sites is 1. The number of amides is 1. The van der Waals surface area contributed by atoms with Gasteiger partial charge in [-0.15, -0.1) is 11.3 Å². The average molecular weight is 402 g/mol. The molecule has 3 rings (SSSR count). The number of aryl methyl sites for hydroxylation is 1. The van der Waals surface area contributed by atoms with Gasteiger partial charge in [-0.1, -0.05) is 25.1 Å². The number of carbonyl (C=O) groups is 2. The highest BCUT2D eigenvalue weighted by Gasteiger charge is 2.24. The fourth-order valence-corrected chi connectivity index (χ4v) is 4.73. The number of hydrogen-bond donors (Lipinski definition) is 1. The molecule has 0 spiro atoms. The molecule has 6 nitrogen and oxygen atoms in total. The predicted octanol–water partition coefficient (Wildman–Crippen LogP) is 3.17. The molecule has 2 heterocycles. The van der Waals surface area contributed by atoms with Crippen LogP contribution in [0.25, 0.3) is 0 Å². The Balaban J connectivity index is 1.59. The zero-order valence-corrected chi connectivity index (χ0v) is 17.5. The molecule has 1 amide bonds. The highest BCUT2D eigenvalue weighted by molar-refractivity contribution is 7.16. The van der Waals surface area contributed by atoms with Crippen molar-refractivity contribution >= 4 is 33.9 Å². The molecule has 1 aromatic heterocycles. The van der Waals surface area contributed by atoms with Crippen LogP contribution in [0.2, 0.25) is 0 Å². The maximum absolute atomic E-state index is 12.6. The van der Waals surface area contributed by atoms with Crippen LogP contribution in [0, 0.1) is 6.92 Å². The van der Waals surface area contributed by atoms with Gasteiger partial charge in [-0.05, 0) is 31.0 Å². The van der Waals surface area contributed by atoms with Crippen molar-refractivity contribution in [2.45, 2.75) is 20.3 Å². The molecule has 1 fully saturated rings. The summed E-state index contributed by atoms with van der Waals surface area (Å²) >= 11 is 1.44. The van der Waals surface area contributed by atoms with Gasteiger partial charge in [-0.2, -0.15) is 0 Å². The van der Waals surface area contributed by atoms with Gasteiger partial charge in [0.05, 0.1) is 19.2 Å². The molecule has 150 valence electrons. The van der Waals surface area contributed by atoms with Crippen LogP contribution in [-0.4, -0.2) is 56.6 Å². The number of benzene rings is 1. The van der Waals surface area contributed by atoms with E-state index in [1.54, 1.807) is 0 Å². The van der Waals surface area contributed by atoms with Gasteiger partial charge in [-0.3, -0.25) is 9.69 Å². The first kappa shape index (κ1) is 20.4. The van der Waals surface area contributed by atoms with Crippen LogP contribution in [0.1, 0.15) is 27.7 Å². The Bertz CT molecular complexity index is 827. The Morgan fingerprint density at radius 1 is 1.14 bits per heavy atom. The van der Waals surface area contributed by atoms with Gasteiger partial charge in [0.25, 0.3) is 0 Å². The summed E-state index contributed by atoms with van der Waals surface area (Å²) < 4.78 is 4.92. The molecule has 1 aromatic carbocycles. The van der Waals surface area contributed by atoms with Crippen LogP contribution in [0.5, 0.6) is 0 Å². The molecular formula is C21H27N3O3S. The number of anilines is 2. The highest BCUT2D eigenvalue weighted by atomic mass is 32.1. The van der Waals surface area contributed by atoms with Crippen LogP contribution in [0.3, 0.4) is 0 Å². The lowest BCUT2D eigenvalue weighted by Crippen LogP contribution is -2.48. The summed E-state index contributed by atoms with van der Waals surface area (Å²) in [5.74, 6) is -0.491. The Kier molecular flexibility index (Phi) is 6.70. The van der Waals surface area contributed by atoms with Crippen molar-refractivity contribution in [1.82, 2.24) is 4.90 Å². The number of rotatable bonds is 6. The molecule has 1 saturated heterocycles. The maximum Gasteiger partial charge on any atom is 0.341 e. The SMILES string of the molecule is CCc1c(C)sc(NC(=O)CN2CCN(c3ccccc3)CC2)c1C(=O)OC. The lowest BCUT2D eigenvalue weighted by molar-refractivity contribution is -0.117. The van der Waals surface area contributed by atoms with Crippen molar-refractivity contribution in [2.24, 2.45) is 0 Å². The monoisotopic (exact) mass is 401 g/mol. The van der Waals surface area contributed by atoms with Crippen molar-refractivity contribution in [3.63, 3.8) is 0 Å². The van der Waals surface area contributed by atoms with E-state index in [0.717, 1.165) is 43.0 Å². The molecule has 28 heavy (non-hydrogen) atoms. The van der Waals surface area contributed by atoms with E-state index in [-0.39, 0.29) is 5.91 Å². The Morgan fingerprint density at radius 2 is 1.82 bits per heavy atom. The van der Waals surface area contributed by atoms with E-state index < -0.39 is 5.97 Å². The molecule has 7 heteroatoms. The predicted molar refractivity (Wildman–Crippen MR) is 113 cm³/mol. The number of esters is 1. The molecule has 0 atom stereocenters. The van der Waals surface area contributed by atoms with E-state index in [0.29, 0.717) is 17.1 Å². The molecule has 0 bridgehead atoms. The molecule has 0 aliphatic carbocycles. The van der Waals surface area contributed by atoms with E-state index >= 15 is 0 Å². The maximum atomic E-state index is 12.6. The van der Waals surface area contributed by atoms with Gasteiger partial charge in [-0.25, -0.2) is 4.79 Å². The minimum atomic E-state index is -0.395. The lowest BCUT2D eigenvalue weighted by atomic mass is 10.1. The molecule has 0 saturated carbocycles. The molecule has 2 aromatic rings. The highest BCUT2D eigenvalue weighted by Crippen LogP contribution is 2.34. The molecule has 0 unspecified atom stereocenters. The second-order valence-corrected chi connectivity index (χ2v) is 8.06. The average Bonchev–Trinajstić information content (AvgIpc) is 3.03. The largest absolute Gasteiger partial charge is 0.465 e. The molecular weight excluding hydrogens is 374 g/mol. The minimum Gasteiger partial charge on any atom is -0.465 e. The Morgan fingerprint density at radius 3 is 2.43 bits per heavy atom. The van der Waals surface area contributed by atoms with E-state index in [1.807, 2.05) is 32.0 Å². The van der Waals surface area contributed by atoms with Gasteiger partial charge in [0.1, 0.15) is 5.00 Å². The number of nitrogens with one attached hydrogen (secondary N) is 1. The van der Waals surface area contributed by atoms with Crippen molar-refractivity contribution in [3.05, 3.63) is 46.3 Å². The number of hydrogen-bond acceptors (Lipinski definition) is 6. The van der Waals surface area contributed by atoms with E-state index in [4.69, 9.17) is 4.74 Å². The summed E-state index contributed by atoms with van der Waals surface area (Å²) in [6.07, 6.45) is 0.726. The summed E-state index contributed by atoms with van der Waals surface area (Å²) in [6.45, 7) is 7.73. The first-order chi connectivity index (χ1) is 13.5. The number of piperazine rings is 1. The topological polar surface area (TPSA) is 61.9 Å². The van der Waals surface area contributed by atoms with Crippen molar-refractivity contribution in [1.29, 1.82) is 0 Å². The minimum absolute atomic E-state index is 0.0952. The van der Waals surface area contributed by atoms with Crippen LogP contribution in [0.4, 0.5) is 10.7 Å². The molecule has 0 radical (unpaired) electrons. The van der Waals surface area contributed by atoms with Gasteiger partial charge in [0.15, 0.2) is 0 Å². The number of methoxy groups -OCH3 is 1. The second-order valence-electron chi connectivity index (χ2n) is 6.83. The fourth-order valence-electron chi connectivity index (χ4n) is 3.58. The zero-order chi connectivity index (χ0) is 20.1. The van der Waals surface area contributed by atoms with Crippen LogP contribution < -0.4 is 10.2 Å². The molecule has 1 aliphatic heterocycles. The van der Waals surface area contributed by atoms with Crippen LogP contribution >= 0.6 is 11.3 Å². The smallest absolute Gasteiger partial charge is 0.341 e. The molecule has 1 N–H and O–H groups in total. The summed E-state index contributed by atoms with van der Waals surface area (Å²) in [5, 5.41) is 3.53. The third-order valence-corrected chi connectivity index (χ3v) is 6.13. The van der Waals surface area contributed by atoms with Gasteiger partial charge >= 0.3 is 5.97 Å². The fraction of sp³-hybridized carbons (Fsp3) is 0.429. The lowest BCUT2D eigenvalue weighted by Gasteiger charge is -2.35. The first-order valence-electron chi connectivity index (χ1n) is 9.56. The van der Waals surface area contributed by atoms with Gasteiger partial charge < -0.3 is 15.0 Å². The Labute approximate surface area is 170 Å². The summed E-state index contributed by atoms with van der Waals surface area (Å²) in [7, 11) is 1.37. The van der Waals surface area contributed by atoms with E-state index in [9.17, 15) is 9.59 Å². The van der Waals surface area contributed by atoms with E-state index in [2.05, 4.69) is 27.2 Å².